The fraction of sp³-hybridized carbons (Fsp3) is 1.00. The molecule has 1 saturated carbocycles. The van der Waals surface area contributed by atoms with Crippen molar-refractivity contribution in [3.8, 4) is 0 Å². The second kappa shape index (κ2) is 3.19. The van der Waals surface area contributed by atoms with Crippen molar-refractivity contribution in [1.82, 2.24) is 4.90 Å². The molecule has 3 N–H and O–H groups in total. The number of piperidine rings is 1. The van der Waals surface area contributed by atoms with Gasteiger partial charge in [0, 0.05) is 18.1 Å². The molecular weight excluding hydrogens is 188 g/mol. The molecule has 3 heteroatoms. The van der Waals surface area contributed by atoms with Crippen molar-refractivity contribution >= 4 is 0 Å². The van der Waals surface area contributed by atoms with Crippen LogP contribution in [-0.2, 0) is 0 Å². The van der Waals surface area contributed by atoms with Gasteiger partial charge < -0.3 is 15.7 Å². The molecular formula is C12H22N2O. The predicted octanol–water partition coefficient (Wildman–Crippen LogP) is 0.711. The molecule has 2 heterocycles. The lowest BCUT2D eigenvalue weighted by Gasteiger charge is -2.45. The van der Waals surface area contributed by atoms with Crippen LogP contribution in [0.15, 0.2) is 0 Å². The smallest absolute Gasteiger partial charge is 0.0830 e. The number of hydrogen-bond donors (Lipinski definition) is 2. The van der Waals surface area contributed by atoms with E-state index in [1.54, 1.807) is 0 Å². The Labute approximate surface area is 91.6 Å². The van der Waals surface area contributed by atoms with Crippen LogP contribution in [0.1, 0.15) is 38.5 Å². The maximum Gasteiger partial charge on any atom is 0.0830 e. The SMILES string of the molecule is CN1C2CCC1CC(O)(C(N)C1CC1)C2. The van der Waals surface area contributed by atoms with E-state index in [-0.39, 0.29) is 6.04 Å². The third-order valence-electron chi connectivity index (χ3n) is 4.91. The van der Waals surface area contributed by atoms with Gasteiger partial charge in [-0.3, -0.25) is 0 Å². The van der Waals surface area contributed by atoms with Gasteiger partial charge in [-0.25, -0.2) is 0 Å². The van der Waals surface area contributed by atoms with Crippen LogP contribution >= 0.6 is 0 Å². The van der Waals surface area contributed by atoms with Crippen molar-refractivity contribution in [2.75, 3.05) is 7.05 Å². The number of fused-ring (bicyclic) bond motifs is 2. The molecule has 3 nitrogen and oxygen atoms in total. The van der Waals surface area contributed by atoms with E-state index in [9.17, 15) is 5.11 Å². The Bertz CT molecular complexity index is 250. The summed E-state index contributed by atoms with van der Waals surface area (Å²) in [6.07, 6.45) is 6.76. The number of rotatable bonds is 2. The Kier molecular flexibility index (Phi) is 2.14. The van der Waals surface area contributed by atoms with Gasteiger partial charge in [0.05, 0.1) is 5.60 Å². The molecule has 0 aromatic heterocycles. The average Bonchev–Trinajstić information content (AvgIpc) is 2.98. The van der Waals surface area contributed by atoms with E-state index in [0.717, 1.165) is 12.8 Å². The van der Waals surface area contributed by atoms with Crippen molar-refractivity contribution in [2.45, 2.75) is 62.3 Å². The summed E-state index contributed by atoms with van der Waals surface area (Å²) in [6, 6.07) is 1.20. The average molecular weight is 210 g/mol. The lowest BCUT2D eigenvalue weighted by atomic mass is 9.79. The highest BCUT2D eigenvalue weighted by Crippen LogP contribution is 2.45. The largest absolute Gasteiger partial charge is 0.388 e. The first-order valence-electron chi connectivity index (χ1n) is 6.30. The number of nitrogens with zero attached hydrogens (tertiary/aromatic N) is 1. The zero-order chi connectivity index (χ0) is 10.6. The Hall–Kier alpha value is -0.120. The summed E-state index contributed by atoms with van der Waals surface area (Å²) in [5.74, 6) is 0.609. The van der Waals surface area contributed by atoms with Crippen molar-refractivity contribution < 1.29 is 5.11 Å². The molecule has 0 radical (unpaired) electrons. The molecule has 0 aromatic rings. The fourth-order valence-corrected chi connectivity index (χ4v) is 3.65. The van der Waals surface area contributed by atoms with E-state index < -0.39 is 5.60 Å². The van der Waals surface area contributed by atoms with Gasteiger partial charge in [0.25, 0.3) is 0 Å². The summed E-state index contributed by atoms with van der Waals surface area (Å²) in [5.41, 5.74) is 5.66. The van der Waals surface area contributed by atoms with Crippen LogP contribution in [0.4, 0.5) is 0 Å². The van der Waals surface area contributed by atoms with Gasteiger partial charge in [0.15, 0.2) is 0 Å². The fourth-order valence-electron chi connectivity index (χ4n) is 3.65. The Morgan fingerprint density at radius 3 is 2.20 bits per heavy atom. The lowest BCUT2D eigenvalue weighted by Crippen LogP contribution is -2.58. The second-order valence-electron chi connectivity index (χ2n) is 5.93. The summed E-state index contributed by atoms with van der Waals surface area (Å²) in [5, 5.41) is 10.7. The highest BCUT2D eigenvalue weighted by molar-refractivity contribution is 5.08. The molecule has 3 fully saturated rings. The molecule has 86 valence electrons. The first kappa shape index (κ1) is 10.1. The zero-order valence-electron chi connectivity index (χ0n) is 9.52. The molecule has 1 aliphatic carbocycles. The highest BCUT2D eigenvalue weighted by atomic mass is 16.3. The summed E-state index contributed by atoms with van der Waals surface area (Å²) in [7, 11) is 2.20. The van der Waals surface area contributed by atoms with Gasteiger partial charge in [-0.15, -0.1) is 0 Å². The summed E-state index contributed by atoms with van der Waals surface area (Å²) in [4.78, 5) is 2.45. The first-order chi connectivity index (χ1) is 7.10. The minimum atomic E-state index is -0.556. The monoisotopic (exact) mass is 210 g/mol. The van der Waals surface area contributed by atoms with Crippen LogP contribution in [0.3, 0.4) is 0 Å². The van der Waals surface area contributed by atoms with Crippen molar-refractivity contribution in [3.63, 3.8) is 0 Å². The molecule has 3 aliphatic rings. The van der Waals surface area contributed by atoms with Gasteiger partial charge in [-0.1, -0.05) is 0 Å². The molecule has 2 aliphatic heterocycles. The van der Waals surface area contributed by atoms with Crippen LogP contribution in [0, 0.1) is 5.92 Å². The summed E-state index contributed by atoms with van der Waals surface area (Å²) in [6.45, 7) is 0. The quantitative estimate of drug-likeness (QED) is 0.706. The van der Waals surface area contributed by atoms with Crippen LogP contribution in [0.5, 0.6) is 0 Å². The summed E-state index contributed by atoms with van der Waals surface area (Å²) >= 11 is 0. The van der Waals surface area contributed by atoms with Crippen molar-refractivity contribution in [2.24, 2.45) is 11.7 Å². The number of hydrogen-bond acceptors (Lipinski definition) is 3. The molecule has 15 heavy (non-hydrogen) atoms. The van der Waals surface area contributed by atoms with Gasteiger partial charge in [0.2, 0.25) is 0 Å². The second-order valence-corrected chi connectivity index (χ2v) is 5.93. The minimum Gasteiger partial charge on any atom is -0.388 e. The predicted molar refractivity (Wildman–Crippen MR) is 59.5 cm³/mol. The van der Waals surface area contributed by atoms with Crippen LogP contribution < -0.4 is 5.73 Å². The molecule has 3 rings (SSSR count). The normalized spacial score (nSPS) is 48.2. The third kappa shape index (κ3) is 1.52. The van der Waals surface area contributed by atoms with E-state index in [4.69, 9.17) is 5.73 Å². The molecule has 2 bridgehead atoms. The van der Waals surface area contributed by atoms with E-state index in [1.165, 1.54) is 25.7 Å². The first-order valence-corrected chi connectivity index (χ1v) is 6.30. The molecule has 0 aromatic carbocycles. The molecule has 2 saturated heterocycles. The zero-order valence-corrected chi connectivity index (χ0v) is 9.52. The molecule has 0 spiro atoms. The van der Waals surface area contributed by atoms with Crippen LogP contribution in [0.2, 0.25) is 0 Å². The van der Waals surface area contributed by atoms with E-state index >= 15 is 0 Å². The highest BCUT2D eigenvalue weighted by Gasteiger charge is 2.51. The Balaban J connectivity index is 1.77. The molecule has 3 unspecified atom stereocenters. The Morgan fingerprint density at radius 1 is 1.20 bits per heavy atom. The molecule has 3 atom stereocenters. The van der Waals surface area contributed by atoms with Gasteiger partial charge >= 0.3 is 0 Å². The number of aliphatic hydroxyl groups is 1. The maximum absolute atomic E-state index is 10.7. The van der Waals surface area contributed by atoms with Gasteiger partial charge in [0.1, 0.15) is 0 Å². The topological polar surface area (TPSA) is 49.5 Å². The minimum absolute atomic E-state index is 0.0364. The third-order valence-corrected chi connectivity index (χ3v) is 4.91. The lowest BCUT2D eigenvalue weighted by molar-refractivity contribution is -0.0663. The van der Waals surface area contributed by atoms with Crippen molar-refractivity contribution in [1.29, 1.82) is 0 Å². The number of nitrogens with two attached hydrogens (primary N) is 1. The molecule has 0 amide bonds. The maximum atomic E-state index is 10.7. The standard InChI is InChI=1S/C12H22N2O/c1-14-9-4-5-10(14)7-12(15,6-9)11(13)8-2-3-8/h8-11,15H,2-7,13H2,1H3. The van der Waals surface area contributed by atoms with Crippen LogP contribution in [0.25, 0.3) is 0 Å². The van der Waals surface area contributed by atoms with E-state index in [0.29, 0.717) is 18.0 Å². The summed E-state index contributed by atoms with van der Waals surface area (Å²) < 4.78 is 0. The van der Waals surface area contributed by atoms with Crippen molar-refractivity contribution in [3.05, 3.63) is 0 Å². The van der Waals surface area contributed by atoms with E-state index in [2.05, 4.69) is 11.9 Å². The van der Waals surface area contributed by atoms with E-state index in [1.807, 2.05) is 0 Å². The van der Waals surface area contributed by atoms with Gasteiger partial charge in [-0.2, -0.15) is 0 Å². The Morgan fingerprint density at radius 2 is 1.73 bits per heavy atom. The van der Waals surface area contributed by atoms with Gasteiger partial charge in [-0.05, 0) is 51.5 Å². The van der Waals surface area contributed by atoms with Crippen LogP contribution in [-0.4, -0.2) is 40.8 Å².